The molecule has 0 amide bonds. The number of ether oxygens (including phenoxy) is 1. The lowest BCUT2D eigenvalue weighted by Gasteiger charge is -2.34. The summed E-state index contributed by atoms with van der Waals surface area (Å²) in [6.07, 6.45) is 2.09. The number of hydrogen-bond donors (Lipinski definition) is 0. The number of piperidine rings is 1. The van der Waals surface area contributed by atoms with E-state index in [1.165, 1.54) is 0 Å². The third kappa shape index (κ3) is 2.37. The summed E-state index contributed by atoms with van der Waals surface area (Å²) in [5, 5.41) is 0.449. The van der Waals surface area contributed by atoms with Gasteiger partial charge in [-0.25, -0.2) is 8.42 Å². The van der Waals surface area contributed by atoms with Crippen LogP contribution in [0.3, 0.4) is 0 Å². The van der Waals surface area contributed by atoms with Crippen LogP contribution in [0.15, 0.2) is 28.0 Å². The van der Waals surface area contributed by atoms with Gasteiger partial charge >= 0.3 is 0 Å². The van der Waals surface area contributed by atoms with Crippen molar-refractivity contribution >= 4 is 27.1 Å². The number of halogens is 1. The van der Waals surface area contributed by atoms with Crippen LogP contribution in [0.5, 0.6) is 0 Å². The van der Waals surface area contributed by atoms with Crippen molar-refractivity contribution in [1.29, 1.82) is 0 Å². The molecular weight excluding hydrogens is 310 g/mol. The molecule has 0 radical (unpaired) electrons. The molecule has 0 bridgehead atoms. The third-order valence-corrected chi connectivity index (χ3v) is 6.47. The predicted molar refractivity (Wildman–Crippen MR) is 82.8 cm³/mol. The number of sulfone groups is 1. The van der Waals surface area contributed by atoms with E-state index in [2.05, 4.69) is 4.90 Å². The number of likely N-dealkylation sites (tertiary alicyclic amines) is 1. The molecule has 2 heterocycles. The fourth-order valence-electron chi connectivity index (χ4n) is 3.10. The highest BCUT2D eigenvalue weighted by Crippen LogP contribution is 2.42. The first-order valence-electron chi connectivity index (χ1n) is 6.99. The van der Waals surface area contributed by atoms with E-state index in [4.69, 9.17) is 16.3 Å². The van der Waals surface area contributed by atoms with Gasteiger partial charge in [0, 0.05) is 30.8 Å². The molecule has 0 atom stereocenters. The van der Waals surface area contributed by atoms with Gasteiger partial charge in [-0.3, -0.25) is 0 Å². The van der Waals surface area contributed by atoms with Crippen LogP contribution < -0.4 is 0 Å². The number of rotatable bonds is 2. The van der Waals surface area contributed by atoms with E-state index in [0.29, 0.717) is 14.8 Å². The lowest BCUT2D eigenvalue weighted by molar-refractivity contribution is 0.0557. The molecule has 4 nitrogen and oxygen atoms in total. The van der Waals surface area contributed by atoms with Gasteiger partial charge in [0.2, 0.25) is 9.84 Å². The van der Waals surface area contributed by atoms with Gasteiger partial charge in [-0.15, -0.1) is 0 Å². The Balaban J connectivity index is 2.02. The van der Waals surface area contributed by atoms with E-state index < -0.39 is 9.84 Å². The second kappa shape index (κ2) is 5.30. The monoisotopic (exact) mass is 327 g/mol. The van der Waals surface area contributed by atoms with Crippen molar-refractivity contribution in [1.82, 2.24) is 4.90 Å². The summed E-state index contributed by atoms with van der Waals surface area (Å²) in [6.45, 7) is 3.30. The van der Waals surface area contributed by atoms with Crippen molar-refractivity contribution in [2.24, 2.45) is 0 Å². The largest absolute Gasteiger partial charge is 0.381 e. The summed E-state index contributed by atoms with van der Waals surface area (Å²) in [6, 6.07) is 5.10. The van der Waals surface area contributed by atoms with Gasteiger partial charge in [-0.2, -0.15) is 0 Å². The Labute approximate surface area is 130 Å². The molecule has 0 aromatic heterocycles. The zero-order valence-corrected chi connectivity index (χ0v) is 13.7. The Morgan fingerprint density at radius 3 is 2.57 bits per heavy atom. The number of allylic oxidation sites excluding steroid dienone is 1. The summed E-state index contributed by atoms with van der Waals surface area (Å²) in [7, 11) is -1.68. The van der Waals surface area contributed by atoms with E-state index in [0.717, 1.165) is 37.2 Å². The molecule has 0 unspecified atom stereocenters. The first-order valence-corrected chi connectivity index (χ1v) is 8.85. The highest BCUT2D eigenvalue weighted by Gasteiger charge is 2.36. The minimum Gasteiger partial charge on any atom is -0.381 e. The zero-order valence-electron chi connectivity index (χ0n) is 12.1. The maximum atomic E-state index is 12.5. The van der Waals surface area contributed by atoms with Crippen LogP contribution in [0.4, 0.5) is 0 Å². The second-order valence-electron chi connectivity index (χ2n) is 5.47. The topological polar surface area (TPSA) is 46.6 Å². The maximum Gasteiger partial charge on any atom is 0.205 e. The maximum absolute atomic E-state index is 12.5. The van der Waals surface area contributed by atoms with E-state index in [1.807, 2.05) is 6.07 Å². The molecule has 0 aliphatic carbocycles. The molecule has 2 aliphatic heterocycles. The average Bonchev–Trinajstić information content (AvgIpc) is 2.67. The van der Waals surface area contributed by atoms with E-state index >= 15 is 0 Å². The molecule has 6 heteroatoms. The molecule has 2 aliphatic rings. The van der Waals surface area contributed by atoms with Gasteiger partial charge in [0.15, 0.2) is 0 Å². The highest BCUT2D eigenvalue weighted by molar-refractivity contribution is 7.95. The fourth-order valence-corrected chi connectivity index (χ4v) is 4.90. The summed E-state index contributed by atoms with van der Waals surface area (Å²) < 4.78 is 30.5. The third-order valence-electron chi connectivity index (χ3n) is 4.32. The van der Waals surface area contributed by atoms with Crippen molar-refractivity contribution in [3.63, 3.8) is 0 Å². The van der Waals surface area contributed by atoms with Crippen LogP contribution >= 0.6 is 11.6 Å². The minimum absolute atomic E-state index is 0.268. The van der Waals surface area contributed by atoms with E-state index in [1.54, 1.807) is 26.2 Å². The fraction of sp³-hybridized carbons (Fsp3) is 0.467. The number of methoxy groups -OCH3 is 1. The minimum atomic E-state index is -3.40. The Morgan fingerprint density at radius 2 is 1.95 bits per heavy atom. The summed E-state index contributed by atoms with van der Waals surface area (Å²) >= 11 is 5.96. The molecule has 21 heavy (non-hydrogen) atoms. The van der Waals surface area contributed by atoms with Crippen LogP contribution in [0, 0.1) is 0 Å². The van der Waals surface area contributed by atoms with E-state index in [-0.39, 0.29) is 6.10 Å². The summed E-state index contributed by atoms with van der Waals surface area (Å²) in [5.74, 6) is 0. The SMILES string of the molecule is COC1CCN(C2=C(C)S(=O)(=O)c3cc(Cl)ccc32)CC1. The van der Waals surface area contributed by atoms with E-state index in [9.17, 15) is 8.42 Å². The smallest absolute Gasteiger partial charge is 0.205 e. The van der Waals surface area contributed by atoms with Crippen molar-refractivity contribution in [3.05, 3.63) is 33.7 Å². The Bertz CT molecular complexity index is 704. The molecule has 0 saturated carbocycles. The number of benzene rings is 1. The van der Waals surface area contributed by atoms with Crippen LogP contribution in [0.1, 0.15) is 25.3 Å². The molecule has 1 aromatic rings. The standard InChI is InChI=1S/C15H18ClNO3S/c1-10-15(17-7-5-12(20-2)6-8-17)13-4-3-11(16)9-14(13)21(10,18)19/h3-4,9,12H,5-8H2,1-2H3. The molecule has 114 valence electrons. The lowest BCUT2D eigenvalue weighted by Crippen LogP contribution is -2.35. The van der Waals surface area contributed by atoms with Crippen molar-refractivity contribution < 1.29 is 13.2 Å². The Morgan fingerprint density at radius 1 is 1.29 bits per heavy atom. The van der Waals surface area contributed by atoms with Gasteiger partial charge in [0.1, 0.15) is 0 Å². The Kier molecular flexibility index (Phi) is 3.76. The average molecular weight is 328 g/mol. The molecular formula is C15H18ClNO3S. The molecule has 0 spiro atoms. The van der Waals surface area contributed by atoms with Gasteiger partial charge in [0.05, 0.1) is 21.6 Å². The summed E-state index contributed by atoms with van der Waals surface area (Å²) in [4.78, 5) is 2.91. The molecule has 1 saturated heterocycles. The first-order chi connectivity index (χ1) is 9.95. The van der Waals surface area contributed by atoms with Gasteiger partial charge in [-0.1, -0.05) is 17.7 Å². The van der Waals surface area contributed by atoms with Crippen LogP contribution in [-0.4, -0.2) is 39.6 Å². The summed E-state index contributed by atoms with van der Waals surface area (Å²) in [5.41, 5.74) is 1.60. The zero-order chi connectivity index (χ0) is 15.2. The van der Waals surface area contributed by atoms with Gasteiger partial charge in [-0.05, 0) is 31.9 Å². The molecule has 0 N–H and O–H groups in total. The van der Waals surface area contributed by atoms with Crippen molar-refractivity contribution in [3.8, 4) is 0 Å². The highest BCUT2D eigenvalue weighted by atomic mass is 35.5. The Hall–Kier alpha value is -1.04. The predicted octanol–water partition coefficient (Wildman–Crippen LogP) is 2.93. The number of fused-ring (bicyclic) bond motifs is 1. The van der Waals surface area contributed by atoms with Crippen LogP contribution in [0.25, 0.3) is 5.70 Å². The quantitative estimate of drug-likeness (QED) is 0.838. The second-order valence-corrected chi connectivity index (χ2v) is 7.97. The van der Waals surface area contributed by atoms with Crippen molar-refractivity contribution in [2.45, 2.75) is 30.8 Å². The normalized spacial score (nSPS) is 21.8. The molecule has 1 fully saturated rings. The van der Waals surface area contributed by atoms with Crippen molar-refractivity contribution in [2.75, 3.05) is 20.2 Å². The molecule has 3 rings (SSSR count). The first kappa shape index (κ1) is 14.9. The number of nitrogens with zero attached hydrogens (tertiary/aromatic N) is 1. The van der Waals surface area contributed by atoms with Gasteiger partial charge in [0.25, 0.3) is 0 Å². The van der Waals surface area contributed by atoms with Crippen LogP contribution in [-0.2, 0) is 14.6 Å². The van der Waals surface area contributed by atoms with Gasteiger partial charge < -0.3 is 9.64 Å². The lowest BCUT2D eigenvalue weighted by atomic mass is 10.0. The number of hydrogen-bond acceptors (Lipinski definition) is 4. The molecule has 1 aromatic carbocycles. The van der Waals surface area contributed by atoms with Crippen LogP contribution in [0.2, 0.25) is 5.02 Å².